The van der Waals surface area contributed by atoms with Crippen LogP contribution in [0.2, 0.25) is 0 Å². The first-order valence-corrected chi connectivity index (χ1v) is 12.9. The maximum Gasteiger partial charge on any atom is 0.323 e. The standard InChI is InChI=1S/C31H27F2N5O/c1-3-26-24-19-37(31(39)34-27-16-15-22(32)18-25(27)33)29(21-13-11-20(2)12-14-21)28-10-7-17-36(28)30(24)38(35-26)23-8-5-4-6-9-23/h4-18,29H,3,19H2,1-2H3,(H,34,39)/t29-/m0/s1. The fraction of sp³-hybridized carbons (Fsp3) is 0.161. The highest BCUT2D eigenvalue weighted by atomic mass is 19.1. The number of nitrogens with one attached hydrogen (secondary N) is 1. The Kier molecular flexibility index (Phi) is 6.23. The van der Waals surface area contributed by atoms with Gasteiger partial charge in [-0.25, -0.2) is 18.3 Å². The molecule has 1 atom stereocenters. The van der Waals surface area contributed by atoms with Gasteiger partial charge in [0.05, 0.1) is 35.3 Å². The lowest BCUT2D eigenvalue weighted by molar-refractivity contribution is 0.194. The zero-order chi connectivity index (χ0) is 27.1. The van der Waals surface area contributed by atoms with Gasteiger partial charge < -0.3 is 14.8 Å². The van der Waals surface area contributed by atoms with Gasteiger partial charge in [-0.15, -0.1) is 0 Å². The molecule has 6 nitrogen and oxygen atoms in total. The molecule has 0 saturated heterocycles. The molecule has 2 aromatic heterocycles. The van der Waals surface area contributed by atoms with Crippen LogP contribution in [0.1, 0.15) is 41.0 Å². The number of nitrogens with zero attached hydrogens (tertiary/aromatic N) is 4. The van der Waals surface area contributed by atoms with Crippen molar-refractivity contribution in [2.75, 3.05) is 5.32 Å². The number of anilines is 1. The number of aromatic nitrogens is 3. The van der Waals surface area contributed by atoms with Crippen molar-refractivity contribution >= 4 is 11.7 Å². The van der Waals surface area contributed by atoms with Crippen molar-refractivity contribution in [1.29, 1.82) is 0 Å². The van der Waals surface area contributed by atoms with Crippen molar-refractivity contribution < 1.29 is 13.6 Å². The number of carbonyl (C=O) groups excluding carboxylic acids is 1. The van der Waals surface area contributed by atoms with E-state index in [4.69, 9.17) is 5.10 Å². The summed E-state index contributed by atoms with van der Waals surface area (Å²) in [4.78, 5) is 15.6. The highest BCUT2D eigenvalue weighted by Crippen LogP contribution is 2.39. The SMILES string of the molecule is CCc1nn(-c2ccccc2)c2c1CN(C(=O)Nc1ccc(F)cc1F)[C@@H](c1ccc(C)cc1)c1cccn1-2. The molecule has 196 valence electrons. The normalized spacial score (nSPS) is 14.5. The predicted molar refractivity (Wildman–Crippen MR) is 146 cm³/mol. The zero-order valence-corrected chi connectivity index (χ0v) is 21.6. The first kappa shape index (κ1) is 24.6. The Labute approximate surface area is 225 Å². The van der Waals surface area contributed by atoms with Gasteiger partial charge in [0.25, 0.3) is 0 Å². The number of amides is 2. The van der Waals surface area contributed by atoms with E-state index in [-0.39, 0.29) is 12.2 Å². The van der Waals surface area contributed by atoms with Crippen LogP contribution in [0, 0.1) is 18.6 Å². The van der Waals surface area contributed by atoms with Crippen LogP contribution in [-0.4, -0.2) is 25.3 Å². The molecule has 8 heteroatoms. The quantitative estimate of drug-likeness (QED) is 0.277. The minimum atomic E-state index is -0.833. The average molecular weight is 524 g/mol. The van der Waals surface area contributed by atoms with Crippen molar-refractivity contribution in [2.24, 2.45) is 0 Å². The lowest BCUT2D eigenvalue weighted by Crippen LogP contribution is -2.38. The van der Waals surface area contributed by atoms with Gasteiger partial charge >= 0.3 is 6.03 Å². The van der Waals surface area contributed by atoms with Crippen molar-refractivity contribution in [1.82, 2.24) is 19.2 Å². The van der Waals surface area contributed by atoms with Gasteiger partial charge in [-0.05, 0) is 55.3 Å². The first-order chi connectivity index (χ1) is 18.9. The van der Waals surface area contributed by atoms with E-state index < -0.39 is 23.7 Å². The predicted octanol–water partition coefficient (Wildman–Crippen LogP) is 6.95. The van der Waals surface area contributed by atoms with E-state index in [0.29, 0.717) is 6.42 Å². The van der Waals surface area contributed by atoms with Crippen LogP contribution in [-0.2, 0) is 13.0 Å². The second-order valence-corrected chi connectivity index (χ2v) is 9.65. The summed E-state index contributed by atoms with van der Waals surface area (Å²) in [5.41, 5.74) is 5.48. The van der Waals surface area contributed by atoms with Crippen molar-refractivity contribution in [3.8, 4) is 11.5 Å². The number of rotatable bonds is 4. The minimum absolute atomic E-state index is 0.0837. The fourth-order valence-corrected chi connectivity index (χ4v) is 5.23. The van der Waals surface area contributed by atoms with Crippen LogP contribution >= 0.6 is 0 Å². The maximum absolute atomic E-state index is 14.6. The largest absolute Gasteiger partial charge is 0.323 e. The molecule has 5 aromatic rings. The number of carbonyl (C=O) groups is 1. The van der Waals surface area contributed by atoms with E-state index in [0.717, 1.165) is 51.7 Å². The number of aryl methyl sites for hydroxylation is 2. The highest BCUT2D eigenvalue weighted by Gasteiger charge is 2.36. The molecule has 0 saturated carbocycles. The Morgan fingerprint density at radius 1 is 1.00 bits per heavy atom. The lowest BCUT2D eigenvalue weighted by atomic mass is 10.0. The van der Waals surface area contributed by atoms with Gasteiger partial charge in [0.2, 0.25) is 0 Å². The monoisotopic (exact) mass is 523 g/mol. The summed E-state index contributed by atoms with van der Waals surface area (Å²) in [6.45, 7) is 4.29. The van der Waals surface area contributed by atoms with Crippen LogP contribution in [0.5, 0.6) is 0 Å². The minimum Gasteiger partial charge on any atom is -0.307 e. The van der Waals surface area contributed by atoms with Crippen LogP contribution in [0.25, 0.3) is 11.5 Å². The Balaban J connectivity index is 1.54. The summed E-state index contributed by atoms with van der Waals surface area (Å²) in [7, 11) is 0. The van der Waals surface area contributed by atoms with Crippen LogP contribution in [0.4, 0.5) is 19.3 Å². The van der Waals surface area contributed by atoms with Crippen molar-refractivity contribution in [2.45, 2.75) is 32.9 Å². The second kappa shape index (κ2) is 9.87. The van der Waals surface area contributed by atoms with Gasteiger partial charge in [0.1, 0.15) is 17.5 Å². The van der Waals surface area contributed by atoms with E-state index in [1.807, 2.05) is 91.5 Å². The number of para-hydroxylation sites is 1. The third kappa shape index (κ3) is 4.37. The number of halogens is 2. The second-order valence-electron chi connectivity index (χ2n) is 9.65. The molecule has 0 aliphatic carbocycles. The smallest absolute Gasteiger partial charge is 0.307 e. The van der Waals surface area contributed by atoms with Gasteiger partial charge in [0, 0.05) is 17.8 Å². The van der Waals surface area contributed by atoms with Gasteiger partial charge in [-0.3, -0.25) is 0 Å². The van der Waals surface area contributed by atoms with Gasteiger partial charge in [0.15, 0.2) is 0 Å². The highest BCUT2D eigenvalue weighted by molar-refractivity contribution is 5.90. The summed E-state index contributed by atoms with van der Waals surface area (Å²) in [6, 6.07) is 24.0. The third-order valence-corrected chi connectivity index (χ3v) is 7.13. The molecule has 3 aromatic carbocycles. The van der Waals surface area contributed by atoms with E-state index in [9.17, 15) is 13.6 Å². The molecule has 1 aliphatic rings. The number of hydrogen-bond acceptors (Lipinski definition) is 2. The van der Waals surface area contributed by atoms with Crippen LogP contribution in [0.15, 0.2) is 91.1 Å². The number of fused-ring (bicyclic) bond motifs is 3. The molecule has 0 fully saturated rings. The molecular formula is C31H27F2N5O. The van der Waals surface area contributed by atoms with E-state index >= 15 is 0 Å². The molecule has 39 heavy (non-hydrogen) atoms. The Morgan fingerprint density at radius 2 is 1.77 bits per heavy atom. The van der Waals surface area contributed by atoms with Crippen LogP contribution < -0.4 is 5.32 Å². The lowest BCUT2D eigenvalue weighted by Gasteiger charge is -2.31. The molecular weight excluding hydrogens is 496 g/mol. The Hall–Kier alpha value is -4.72. The van der Waals surface area contributed by atoms with E-state index in [2.05, 4.69) is 9.88 Å². The summed E-state index contributed by atoms with van der Waals surface area (Å²) in [5, 5.41) is 7.63. The number of hydrogen-bond donors (Lipinski definition) is 1. The topological polar surface area (TPSA) is 55.1 Å². The maximum atomic E-state index is 14.6. The molecule has 0 spiro atoms. The zero-order valence-electron chi connectivity index (χ0n) is 21.6. The van der Waals surface area contributed by atoms with Crippen LogP contribution in [0.3, 0.4) is 0 Å². The average Bonchev–Trinajstić information content (AvgIpc) is 3.52. The first-order valence-electron chi connectivity index (χ1n) is 12.9. The molecule has 1 aliphatic heterocycles. The molecule has 1 N–H and O–H groups in total. The van der Waals surface area contributed by atoms with Gasteiger partial charge in [-0.1, -0.05) is 55.0 Å². The third-order valence-electron chi connectivity index (χ3n) is 7.13. The molecule has 0 radical (unpaired) electrons. The Bertz CT molecular complexity index is 1660. The summed E-state index contributed by atoms with van der Waals surface area (Å²) < 4.78 is 32.1. The molecule has 6 rings (SSSR count). The number of benzene rings is 3. The summed E-state index contributed by atoms with van der Waals surface area (Å²) in [6.07, 6.45) is 2.65. The van der Waals surface area contributed by atoms with E-state index in [1.165, 1.54) is 6.07 Å². The van der Waals surface area contributed by atoms with Crippen molar-refractivity contribution in [3.05, 3.63) is 131 Å². The summed E-state index contributed by atoms with van der Waals surface area (Å²) in [5.74, 6) is -0.681. The molecule has 2 amide bonds. The molecule has 3 heterocycles. The fourth-order valence-electron chi connectivity index (χ4n) is 5.23. The summed E-state index contributed by atoms with van der Waals surface area (Å²) >= 11 is 0. The molecule has 0 bridgehead atoms. The number of urea groups is 1. The van der Waals surface area contributed by atoms with Crippen molar-refractivity contribution in [3.63, 3.8) is 0 Å². The Morgan fingerprint density at radius 3 is 2.49 bits per heavy atom. The van der Waals surface area contributed by atoms with Gasteiger partial charge in [-0.2, -0.15) is 5.10 Å². The van der Waals surface area contributed by atoms with E-state index in [1.54, 1.807) is 4.90 Å². The molecule has 0 unspecified atom stereocenters.